The number of aromatic amines is 1. The molecule has 0 unspecified atom stereocenters. The van der Waals surface area contributed by atoms with E-state index in [9.17, 15) is 13.2 Å². The number of H-pyrrole nitrogens is 1. The molecule has 0 atom stereocenters. The Morgan fingerprint density at radius 3 is 2.42 bits per heavy atom. The van der Waals surface area contributed by atoms with Crippen molar-refractivity contribution in [3.05, 3.63) is 29.3 Å². The van der Waals surface area contributed by atoms with Gasteiger partial charge in [0.05, 0.1) is 0 Å². The standard InChI is InChI=1S/C11H9F3N4S/c12-11(13,14)10(3-4-10)18-8(16-17-9(18)19)7-1-5-15-6-2-7/h1-2,5-6H,3-4H2,(H,17,19). The number of rotatable bonds is 2. The first kappa shape index (κ1) is 12.3. The Morgan fingerprint density at radius 1 is 1.26 bits per heavy atom. The first-order chi connectivity index (χ1) is 8.96. The summed E-state index contributed by atoms with van der Waals surface area (Å²) in [7, 11) is 0. The average Bonchev–Trinajstić information content (AvgIpc) is 3.09. The van der Waals surface area contributed by atoms with Crippen LogP contribution in [0.4, 0.5) is 13.2 Å². The summed E-state index contributed by atoms with van der Waals surface area (Å²) < 4.78 is 40.7. The van der Waals surface area contributed by atoms with E-state index >= 15 is 0 Å². The monoisotopic (exact) mass is 286 g/mol. The van der Waals surface area contributed by atoms with Crippen LogP contribution in [0.15, 0.2) is 24.5 Å². The van der Waals surface area contributed by atoms with E-state index in [-0.39, 0.29) is 23.4 Å². The molecule has 0 amide bonds. The number of hydrogen-bond donors (Lipinski definition) is 1. The Morgan fingerprint density at radius 2 is 1.89 bits per heavy atom. The van der Waals surface area contributed by atoms with Crippen molar-refractivity contribution in [1.29, 1.82) is 0 Å². The molecule has 3 rings (SSSR count). The lowest BCUT2D eigenvalue weighted by Crippen LogP contribution is -2.35. The molecule has 0 radical (unpaired) electrons. The van der Waals surface area contributed by atoms with Crippen molar-refractivity contribution in [2.24, 2.45) is 0 Å². The minimum Gasteiger partial charge on any atom is -0.285 e. The first-order valence-corrected chi connectivity index (χ1v) is 6.01. The third-order valence-electron chi connectivity index (χ3n) is 3.29. The first-order valence-electron chi connectivity index (χ1n) is 5.61. The molecule has 2 aromatic heterocycles. The van der Waals surface area contributed by atoms with Gasteiger partial charge >= 0.3 is 6.18 Å². The predicted octanol–water partition coefficient (Wildman–Crippen LogP) is 3.05. The van der Waals surface area contributed by atoms with Crippen LogP contribution in [0.5, 0.6) is 0 Å². The number of nitrogens with zero attached hydrogens (tertiary/aromatic N) is 3. The molecule has 0 saturated heterocycles. The second-order valence-electron chi connectivity index (χ2n) is 4.45. The number of hydrogen-bond acceptors (Lipinski definition) is 3. The molecule has 0 bridgehead atoms. The van der Waals surface area contributed by atoms with Crippen LogP contribution < -0.4 is 0 Å². The van der Waals surface area contributed by atoms with E-state index in [0.717, 1.165) is 4.57 Å². The minimum absolute atomic E-state index is 0.0124. The van der Waals surface area contributed by atoms with Gasteiger partial charge in [-0.15, -0.1) is 0 Å². The van der Waals surface area contributed by atoms with Gasteiger partial charge in [-0.05, 0) is 37.2 Å². The van der Waals surface area contributed by atoms with Gasteiger partial charge in [-0.3, -0.25) is 14.6 Å². The maximum Gasteiger partial charge on any atom is 0.412 e. The number of alkyl halides is 3. The van der Waals surface area contributed by atoms with Crippen LogP contribution >= 0.6 is 12.2 Å². The van der Waals surface area contributed by atoms with Crippen molar-refractivity contribution < 1.29 is 13.2 Å². The van der Waals surface area contributed by atoms with Crippen LogP contribution in [0, 0.1) is 4.77 Å². The quantitative estimate of drug-likeness (QED) is 0.863. The molecule has 1 aliphatic rings. The summed E-state index contributed by atoms with van der Waals surface area (Å²) in [6.45, 7) is 0. The summed E-state index contributed by atoms with van der Waals surface area (Å²) in [6.07, 6.45) is -1.27. The summed E-state index contributed by atoms with van der Waals surface area (Å²) in [4.78, 5) is 3.84. The largest absolute Gasteiger partial charge is 0.412 e. The zero-order chi connectivity index (χ0) is 13.7. The molecular formula is C11H9F3N4S. The van der Waals surface area contributed by atoms with Gasteiger partial charge < -0.3 is 0 Å². The molecule has 0 aliphatic heterocycles. The van der Waals surface area contributed by atoms with Crippen molar-refractivity contribution in [2.75, 3.05) is 0 Å². The summed E-state index contributed by atoms with van der Waals surface area (Å²) in [5.74, 6) is 0.197. The van der Waals surface area contributed by atoms with E-state index in [1.165, 1.54) is 12.4 Å². The topological polar surface area (TPSA) is 46.5 Å². The van der Waals surface area contributed by atoms with Gasteiger partial charge in [-0.25, -0.2) is 0 Å². The van der Waals surface area contributed by atoms with Gasteiger partial charge in [-0.2, -0.15) is 18.3 Å². The fourth-order valence-electron chi connectivity index (χ4n) is 2.14. The Balaban J connectivity index is 2.19. The van der Waals surface area contributed by atoms with Crippen LogP contribution in [0.1, 0.15) is 12.8 Å². The molecule has 0 spiro atoms. The van der Waals surface area contributed by atoms with Crippen molar-refractivity contribution in [3.8, 4) is 11.4 Å². The van der Waals surface area contributed by atoms with Gasteiger partial charge in [0.25, 0.3) is 0 Å². The van der Waals surface area contributed by atoms with Crippen LogP contribution in [0.2, 0.25) is 0 Å². The summed E-state index contributed by atoms with van der Waals surface area (Å²) in [5.41, 5.74) is -1.35. The van der Waals surface area contributed by atoms with Crippen LogP contribution in [-0.4, -0.2) is 25.9 Å². The van der Waals surface area contributed by atoms with Crippen LogP contribution in [0.25, 0.3) is 11.4 Å². The van der Waals surface area contributed by atoms with Gasteiger partial charge in [0.15, 0.2) is 10.6 Å². The van der Waals surface area contributed by atoms with Gasteiger partial charge in [0, 0.05) is 18.0 Å². The van der Waals surface area contributed by atoms with Crippen LogP contribution in [0.3, 0.4) is 0 Å². The highest BCUT2D eigenvalue weighted by molar-refractivity contribution is 7.71. The Kier molecular flexibility index (Phi) is 2.53. The van der Waals surface area contributed by atoms with E-state index in [2.05, 4.69) is 15.2 Å². The number of pyridine rings is 1. The third kappa shape index (κ3) is 1.78. The second-order valence-corrected chi connectivity index (χ2v) is 4.84. The average molecular weight is 286 g/mol. The summed E-state index contributed by atoms with van der Waals surface area (Å²) in [5, 5.41) is 6.37. The predicted molar refractivity (Wildman–Crippen MR) is 63.9 cm³/mol. The molecule has 1 saturated carbocycles. The highest BCUT2D eigenvalue weighted by atomic mass is 32.1. The molecule has 19 heavy (non-hydrogen) atoms. The van der Waals surface area contributed by atoms with Crippen molar-refractivity contribution >= 4 is 12.2 Å². The highest BCUT2D eigenvalue weighted by Crippen LogP contribution is 2.56. The van der Waals surface area contributed by atoms with Crippen molar-refractivity contribution in [1.82, 2.24) is 19.7 Å². The van der Waals surface area contributed by atoms with E-state index in [1.54, 1.807) is 12.1 Å². The fourth-order valence-corrected chi connectivity index (χ4v) is 2.45. The lowest BCUT2D eigenvalue weighted by Gasteiger charge is -2.22. The molecule has 1 fully saturated rings. The molecule has 1 aliphatic carbocycles. The van der Waals surface area contributed by atoms with E-state index < -0.39 is 11.7 Å². The number of nitrogens with one attached hydrogen (secondary N) is 1. The smallest absolute Gasteiger partial charge is 0.285 e. The lowest BCUT2D eigenvalue weighted by molar-refractivity contribution is -0.179. The zero-order valence-corrected chi connectivity index (χ0v) is 10.4. The number of halogens is 3. The Bertz CT molecular complexity index is 655. The molecule has 100 valence electrons. The fraction of sp³-hybridized carbons (Fsp3) is 0.364. The molecule has 2 heterocycles. The molecule has 1 N–H and O–H groups in total. The van der Waals surface area contributed by atoms with Crippen molar-refractivity contribution in [3.63, 3.8) is 0 Å². The lowest BCUT2D eigenvalue weighted by atomic mass is 10.2. The van der Waals surface area contributed by atoms with Gasteiger partial charge in [-0.1, -0.05) is 0 Å². The maximum absolute atomic E-state index is 13.2. The number of aromatic nitrogens is 4. The van der Waals surface area contributed by atoms with Gasteiger partial charge in [0.1, 0.15) is 5.54 Å². The third-order valence-corrected chi connectivity index (χ3v) is 3.56. The zero-order valence-electron chi connectivity index (χ0n) is 9.61. The van der Waals surface area contributed by atoms with Gasteiger partial charge in [0.2, 0.25) is 0 Å². The van der Waals surface area contributed by atoms with E-state index in [4.69, 9.17) is 12.2 Å². The highest BCUT2D eigenvalue weighted by Gasteiger charge is 2.66. The summed E-state index contributed by atoms with van der Waals surface area (Å²) in [6, 6.07) is 3.21. The van der Waals surface area contributed by atoms with Crippen molar-refractivity contribution in [2.45, 2.75) is 24.6 Å². The SMILES string of the molecule is FC(F)(F)C1(n2c(-c3ccncc3)n[nH]c2=S)CC1. The molecular weight excluding hydrogens is 277 g/mol. The van der Waals surface area contributed by atoms with E-state index in [0.29, 0.717) is 5.56 Å². The van der Waals surface area contributed by atoms with E-state index in [1.807, 2.05) is 0 Å². The minimum atomic E-state index is -4.34. The second kappa shape index (κ2) is 3.89. The molecule has 2 aromatic rings. The van der Waals surface area contributed by atoms with Crippen LogP contribution in [-0.2, 0) is 5.54 Å². The molecule has 4 nitrogen and oxygen atoms in total. The maximum atomic E-state index is 13.2. The molecule has 8 heteroatoms. The Hall–Kier alpha value is -1.70. The molecule has 0 aromatic carbocycles. The Labute approximate surface area is 111 Å². The normalized spacial score (nSPS) is 17.4. The summed E-state index contributed by atoms with van der Waals surface area (Å²) >= 11 is 4.96.